The summed E-state index contributed by atoms with van der Waals surface area (Å²) in [7, 11) is 0. The number of H-pyrrole nitrogens is 1. The van der Waals surface area contributed by atoms with Crippen LogP contribution in [0.2, 0.25) is 0 Å². The molecule has 1 heterocycles. The lowest BCUT2D eigenvalue weighted by atomic mass is 10.1. The van der Waals surface area contributed by atoms with E-state index in [4.69, 9.17) is 0 Å². The molecule has 0 atom stereocenters. The summed E-state index contributed by atoms with van der Waals surface area (Å²) in [4.78, 5) is 27.3. The van der Waals surface area contributed by atoms with E-state index in [0.717, 1.165) is 5.69 Å². The molecule has 1 aromatic carbocycles. The molecular formula is C16H20N4O3. The van der Waals surface area contributed by atoms with Crippen LogP contribution in [0.15, 0.2) is 34.1 Å². The largest absolute Gasteiger partial charge is 0.295 e. The van der Waals surface area contributed by atoms with Gasteiger partial charge in [0.1, 0.15) is 0 Å². The molecule has 7 heteroatoms. The first-order chi connectivity index (χ1) is 10.8. The number of aromatic amines is 1. The van der Waals surface area contributed by atoms with Gasteiger partial charge in [-0.3, -0.25) is 25.0 Å². The minimum absolute atomic E-state index is 0.0139. The van der Waals surface area contributed by atoms with Gasteiger partial charge in [-0.1, -0.05) is 13.8 Å². The summed E-state index contributed by atoms with van der Waals surface area (Å²) in [5.41, 5.74) is 2.29. The van der Waals surface area contributed by atoms with E-state index >= 15 is 0 Å². The normalized spacial score (nSPS) is 12.0. The lowest BCUT2D eigenvalue weighted by Crippen LogP contribution is -2.20. The summed E-state index contributed by atoms with van der Waals surface area (Å²) in [5.74, 6) is 0.418. The van der Waals surface area contributed by atoms with Crippen LogP contribution in [0.4, 0.5) is 5.69 Å². The van der Waals surface area contributed by atoms with Gasteiger partial charge in [-0.2, -0.15) is 0 Å². The highest BCUT2D eigenvalue weighted by Crippen LogP contribution is 2.14. The number of hydrogen-bond acceptors (Lipinski definition) is 4. The van der Waals surface area contributed by atoms with Gasteiger partial charge in [0.15, 0.2) is 0 Å². The van der Waals surface area contributed by atoms with Crippen molar-refractivity contribution in [3.8, 4) is 5.69 Å². The molecule has 0 unspecified atom stereocenters. The Morgan fingerprint density at radius 3 is 2.48 bits per heavy atom. The van der Waals surface area contributed by atoms with Crippen molar-refractivity contribution in [3.05, 3.63) is 56.0 Å². The molecule has 0 spiro atoms. The van der Waals surface area contributed by atoms with Crippen LogP contribution in [0.1, 0.15) is 32.0 Å². The van der Waals surface area contributed by atoms with Crippen LogP contribution in [0, 0.1) is 23.0 Å². The third kappa shape index (κ3) is 3.56. The van der Waals surface area contributed by atoms with E-state index in [1.54, 1.807) is 12.1 Å². The maximum Gasteiger partial charge on any atom is 0.280 e. The fourth-order valence-electron chi connectivity index (χ4n) is 2.28. The molecule has 0 saturated heterocycles. The van der Waals surface area contributed by atoms with E-state index < -0.39 is 4.92 Å². The predicted octanol–water partition coefficient (Wildman–Crippen LogP) is 2.85. The van der Waals surface area contributed by atoms with Gasteiger partial charge in [-0.15, -0.1) is 0 Å². The van der Waals surface area contributed by atoms with Gasteiger partial charge in [0.05, 0.1) is 16.2 Å². The number of nitro benzene ring substituents is 1. The number of nitrogens with zero attached hydrogens (tertiary/aromatic N) is 3. The Hall–Kier alpha value is -2.70. The summed E-state index contributed by atoms with van der Waals surface area (Å²) in [5, 5.41) is 13.7. The minimum Gasteiger partial charge on any atom is -0.295 e. The van der Waals surface area contributed by atoms with E-state index in [0.29, 0.717) is 29.4 Å². The Kier molecular flexibility index (Phi) is 4.78. The van der Waals surface area contributed by atoms with Crippen molar-refractivity contribution in [2.24, 2.45) is 10.9 Å². The first-order valence-electron chi connectivity index (χ1n) is 7.39. The number of aromatic nitrogens is 2. The third-order valence-electron chi connectivity index (χ3n) is 3.45. The maximum atomic E-state index is 12.6. The average molecular weight is 316 g/mol. The Balaban J connectivity index is 2.43. The zero-order chi connectivity index (χ0) is 17.1. The summed E-state index contributed by atoms with van der Waals surface area (Å²) in [6.45, 7) is 8.42. The number of nitro groups is 1. The number of nitrogens with one attached hydrogen (secondary N) is 1. The third-order valence-corrected chi connectivity index (χ3v) is 3.45. The van der Waals surface area contributed by atoms with Crippen molar-refractivity contribution >= 4 is 11.4 Å². The van der Waals surface area contributed by atoms with Crippen molar-refractivity contribution in [2.45, 2.75) is 27.7 Å². The SMILES string of the molecule is CC(=NCC(C)C)c1c(C)[nH]n(-c2ccc([N+](=O)[O-])cc2)c1=O. The molecule has 1 aromatic heterocycles. The molecule has 23 heavy (non-hydrogen) atoms. The van der Waals surface area contributed by atoms with E-state index in [9.17, 15) is 14.9 Å². The molecule has 0 fully saturated rings. The molecule has 0 radical (unpaired) electrons. The number of benzene rings is 1. The van der Waals surface area contributed by atoms with Crippen molar-refractivity contribution in [3.63, 3.8) is 0 Å². The Bertz CT molecular complexity index is 798. The Labute approximate surface area is 133 Å². The first kappa shape index (κ1) is 16.7. The van der Waals surface area contributed by atoms with Crippen LogP contribution >= 0.6 is 0 Å². The fraction of sp³-hybridized carbons (Fsp3) is 0.375. The molecule has 0 amide bonds. The quantitative estimate of drug-likeness (QED) is 0.522. The van der Waals surface area contributed by atoms with E-state index in [1.165, 1.54) is 16.8 Å². The summed E-state index contributed by atoms with van der Waals surface area (Å²) in [6.07, 6.45) is 0. The lowest BCUT2D eigenvalue weighted by Gasteiger charge is -2.01. The molecule has 2 rings (SSSR count). The smallest absolute Gasteiger partial charge is 0.280 e. The maximum absolute atomic E-state index is 12.6. The van der Waals surface area contributed by atoms with Crippen LogP contribution in [0.3, 0.4) is 0 Å². The van der Waals surface area contributed by atoms with Gasteiger partial charge in [0, 0.05) is 30.1 Å². The molecular weight excluding hydrogens is 296 g/mol. The Morgan fingerprint density at radius 1 is 1.35 bits per heavy atom. The monoisotopic (exact) mass is 316 g/mol. The number of aliphatic imine (C=N–C) groups is 1. The number of hydrogen-bond donors (Lipinski definition) is 1. The molecule has 2 aromatic rings. The van der Waals surface area contributed by atoms with E-state index in [1.807, 2.05) is 13.8 Å². The standard InChI is InChI=1S/C16H20N4O3/c1-10(2)9-17-11(3)15-12(4)18-19(16(15)21)13-5-7-14(8-6-13)20(22)23/h5-8,10,18H,9H2,1-4H3. The topological polar surface area (TPSA) is 93.3 Å². The van der Waals surface area contributed by atoms with Gasteiger partial charge >= 0.3 is 0 Å². The van der Waals surface area contributed by atoms with Crippen molar-refractivity contribution in [2.75, 3.05) is 6.54 Å². The van der Waals surface area contributed by atoms with Crippen molar-refractivity contribution in [1.29, 1.82) is 0 Å². The molecule has 0 bridgehead atoms. The zero-order valence-electron chi connectivity index (χ0n) is 13.7. The number of aryl methyl sites for hydroxylation is 1. The molecule has 0 aliphatic heterocycles. The second-order valence-corrected chi connectivity index (χ2v) is 5.85. The molecule has 0 saturated carbocycles. The fourth-order valence-corrected chi connectivity index (χ4v) is 2.28. The highest BCUT2D eigenvalue weighted by molar-refractivity contribution is 5.99. The summed E-state index contributed by atoms with van der Waals surface area (Å²) >= 11 is 0. The second kappa shape index (κ2) is 6.60. The van der Waals surface area contributed by atoms with Crippen LogP contribution in [-0.2, 0) is 0 Å². The highest BCUT2D eigenvalue weighted by Gasteiger charge is 2.15. The summed E-state index contributed by atoms with van der Waals surface area (Å²) in [6, 6.07) is 5.83. The molecule has 0 aliphatic carbocycles. The van der Waals surface area contributed by atoms with Gasteiger partial charge in [0.25, 0.3) is 11.2 Å². The molecule has 7 nitrogen and oxygen atoms in total. The van der Waals surface area contributed by atoms with Gasteiger partial charge in [0.2, 0.25) is 0 Å². The van der Waals surface area contributed by atoms with Gasteiger partial charge in [-0.05, 0) is 31.9 Å². The van der Waals surface area contributed by atoms with E-state index in [-0.39, 0.29) is 11.2 Å². The van der Waals surface area contributed by atoms with Gasteiger partial charge in [-0.25, -0.2) is 4.68 Å². The Morgan fingerprint density at radius 2 is 1.96 bits per heavy atom. The first-order valence-corrected chi connectivity index (χ1v) is 7.39. The van der Waals surface area contributed by atoms with Crippen LogP contribution in [0.5, 0.6) is 0 Å². The van der Waals surface area contributed by atoms with Crippen molar-refractivity contribution < 1.29 is 4.92 Å². The number of rotatable bonds is 5. The van der Waals surface area contributed by atoms with Crippen molar-refractivity contribution in [1.82, 2.24) is 9.78 Å². The average Bonchev–Trinajstić information content (AvgIpc) is 2.80. The minimum atomic E-state index is -0.472. The van der Waals surface area contributed by atoms with Crippen LogP contribution in [-0.4, -0.2) is 27.0 Å². The highest BCUT2D eigenvalue weighted by atomic mass is 16.6. The van der Waals surface area contributed by atoms with Crippen LogP contribution < -0.4 is 5.56 Å². The lowest BCUT2D eigenvalue weighted by molar-refractivity contribution is -0.384. The molecule has 122 valence electrons. The predicted molar refractivity (Wildman–Crippen MR) is 89.7 cm³/mol. The van der Waals surface area contributed by atoms with Crippen LogP contribution in [0.25, 0.3) is 5.69 Å². The molecule has 1 N–H and O–H groups in total. The summed E-state index contributed by atoms with van der Waals surface area (Å²) < 4.78 is 1.38. The second-order valence-electron chi connectivity index (χ2n) is 5.85. The molecule has 0 aliphatic rings. The zero-order valence-corrected chi connectivity index (χ0v) is 13.7. The van der Waals surface area contributed by atoms with E-state index in [2.05, 4.69) is 23.9 Å². The number of non-ortho nitro benzene ring substituents is 1. The van der Waals surface area contributed by atoms with Gasteiger partial charge < -0.3 is 0 Å².